The highest BCUT2D eigenvalue weighted by Gasteiger charge is 2.30. The largest absolute Gasteiger partial charge is 0.480 e. The Morgan fingerprint density at radius 1 is 0.814 bits per heavy atom. The fraction of sp³-hybridized carbons (Fsp3) is 0.462. The third-order valence-electron chi connectivity index (χ3n) is 6.41. The second-order valence-corrected chi connectivity index (χ2v) is 9.77. The summed E-state index contributed by atoms with van der Waals surface area (Å²) < 4.78 is 0. The van der Waals surface area contributed by atoms with Crippen LogP contribution in [0.1, 0.15) is 31.2 Å². The molecule has 0 aliphatic heterocycles. The highest BCUT2D eigenvalue weighted by molar-refractivity contribution is 5.95. The number of carbonyl (C=O) groups excluding carboxylic acids is 3. The summed E-state index contributed by atoms with van der Waals surface area (Å²) in [7, 11) is 0. The van der Waals surface area contributed by atoms with Crippen molar-refractivity contribution in [3.05, 3.63) is 36.0 Å². The number of hydrogen-bond acceptors (Lipinski definition) is 8. The number of aliphatic hydroxyl groups is 1. The number of carboxylic acid groups (broad SMARTS) is 1. The van der Waals surface area contributed by atoms with E-state index >= 15 is 0 Å². The number of carboxylic acids is 1. The average molecular weight is 604 g/mol. The standard InChI is InChI=1S/C26H41N11O6/c27-16(6-3-9-32-25(28)29)21(39)36-19(11-14-12-34-17-7-2-1-5-15(14)17)22(40)37-20(13-38)23(41)35-18(24(42)43)8-4-10-33-26(30)31/h1-2,5,7,12,16,18-20,34,38H,3-4,6,8-11,13,27H2,(H,35,41)(H,36,39)(H,37,40)(H,42,43)(H4,28,29,32)(H4,30,31,33). The number of aromatic amines is 1. The highest BCUT2D eigenvalue weighted by Crippen LogP contribution is 2.19. The number of fused-ring (bicyclic) bond motifs is 1. The number of rotatable bonds is 18. The molecule has 0 aliphatic rings. The van der Waals surface area contributed by atoms with Gasteiger partial charge in [-0.1, -0.05) is 18.2 Å². The van der Waals surface area contributed by atoms with Gasteiger partial charge in [-0.25, -0.2) is 4.79 Å². The Kier molecular flexibility index (Phi) is 13.7. The number of hydrogen-bond donors (Lipinski definition) is 11. The van der Waals surface area contributed by atoms with Crippen molar-refractivity contribution in [1.82, 2.24) is 20.9 Å². The van der Waals surface area contributed by atoms with Crippen molar-refractivity contribution in [3.8, 4) is 0 Å². The molecule has 17 nitrogen and oxygen atoms in total. The van der Waals surface area contributed by atoms with Crippen LogP contribution in [0.15, 0.2) is 40.4 Å². The van der Waals surface area contributed by atoms with Crippen molar-refractivity contribution in [2.45, 2.75) is 56.3 Å². The molecule has 4 unspecified atom stereocenters. The molecular weight excluding hydrogens is 562 g/mol. The van der Waals surface area contributed by atoms with Gasteiger partial charge in [-0.3, -0.25) is 24.4 Å². The summed E-state index contributed by atoms with van der Waals surface area (Å²) >= 11 is 0. The van der Waals surface area contributed by atoms with Crippen molar-refractivity contribution < 1.29 is 29.4 Å². The number of aromatic nitrogens is 1. The minimum absolute atomic E-state index is 0.00966. The number of aliphatic imine (C=N–C) groups is 2. The van der Waals surface area contributed by atoms with Crippen LogP contribution in [0, 0.1) is 0 Å². The zero-order chi connectivity index (χ0) is 31.9. The van der Waals surface area contributed by atoms with Crippen LogP contribution in [0.2, 0.25) is 0 Å². The van der Waals surface area contributed by atoms with Crippen LogP contribution in [0.3, 0.4) is 0 Å². The molecule has 16 N–H and O–H groups in total. The predicted molar refractivity (Wildman–Crippen MR) is 160 cm³/mol. The minimum Gasteiger partial charge on any atom is -0.480 e. The van der Waals surface area contributed by atoms with Crippen molar-refractivity contribution in [3.63, 3.8) is 0 Å². The number of amides is 3. The van der Waals surface area contributed by atoms with Crippen LogP contribution < -0.4 is 44.6 Å². The van der Waals surface area contributed by atoms with Crippen molar-refractivity contribution in [2.24, 2.45) is 38.7 Å². The van der Waals surface area contributed by atoms with Crippen LogP contribution in [-0.4, -0.2) is 94.7 Å². The zero-order valence-electron chi connectivity index (χ0n) is 23.7. The molecule has 17 heteroatoms. The van der Waals surface area contributed by atoms with Crippen LogP contribution in [0.5, 0.6) is 0 Å². The van der Waals surface area contributed by atoms with Crippen molar-refractivity contribution in [1.29, 1.82) is 0 Å². The van der Waals surface area contributed by atoms with Crippen molar-refractivity contribution in [2.75, 3.05) is 19.7 Å². The SMILES string of the molecule is NC(N)=NCCCC(N)C(=O)NC(Cc1c[nH]c2ccccc12)C(=O)NC(CO)C(=O)NC(CCCN=C(N)N)C(=O)O. The molecule has 0 fully saturated rings. The van der Waals surface area contributed by atoms with E-state index in [2.05, 4.69) is 30.9 Å². The Bertz CT molecular complexity index is 1300. The first-order valence-corrected chi connectivity index (χ1v) is 13.6. The van der Waals surface area contributed by atoms with E-state index in [9.17, 15) is 29.4 Å². The molecule has 0 saturated carbocycles. The number of carbonyl (C=O) groups is 4. The number of nitrogens with two attached hydrogens (primary N) is 5. The van der Waals surface area contributed by atoms with E-state index in [1.54, 1.807) is 6.20 Å². The third-order valence-corrected chi connectivity index (χ3v) is 6.41. The monoisotopic (exact) mass is 603 g/mol. The number of aliphatic hydroxyl groups excluding tert-OH is 1. The number of benzene rings is 1. The summed E-state index contributed by atoms with van der Waals surface area (Å²) in [5.41, 5.74) is 28.7. The number of para-hydroxylation sites is 1. The number of aliphatic carboxylic acids is 1. The first-order valence-electron chi connectivity index (χ1n) is 13.6. The summed E-state index contributed by atoms with van der Waals surface area (Å²) in [4.78, 5) is 61.6. The number of H-pyrrole nitrogens is 1. The van der Waals surface area contributed by atoms with E-state index < -0.39 is 54.5 Å². The third kappa shape index (κ3) is 11.5. The fourth-order valence-corrected chi connectivity index (χ4v) is 4.16. The van der Waals surface area contributed by atoms with Gasteiger partial charge in [0.1, 0.15) is 18.1 Å². The van der Waals surface area contributed by atoms with Gasteiger partial charge in [0.2, 0.25) is 17.7 Å². The van der Waals surface area contributed by atoms with Crippen LogP contribution in [0.25, 0.3) is 10.9 Å². The second-order valence-electron chi connectivity index (χ2n) is 9.77. The molecule has 3 amide bonds. The quantitative estimate of drug-likeness (QED) is 0.0455. The minimum atomic E-state index is -1.51. The molecule has 2 rings (SSSR count). The van der Waals surface area contributed by atoms with E-state index in [0.29, 0.717) is 12.0 Å². The molecule has 0 bridgehead atoms. The lowest BCUT2D eigenvalue weighted by atomic mass is 10.0. The molecule has 1 heterocycles. The lowest BCUT2D eigenvalue weighted by Gasteiger charge is -2.24. The van der Waals surface area contributed by atoms with E-state index in [1.165, 1.54) is 0 Å². The average Bonchev–Trinajstić information content (AvgIpc) is 3.37. The lowest BCUT2D eigenvalue weighted by molar-refractivity contribution is -0.142. The second kappa shape index (κ2) is 17.1. The Morgan fingerprint density at radius 2 is 1.37 bits per heavy atom. The molecule has 0 aliphatic carbocycles. The molecule has 43 heavy (non-hydrogen) atoms. The van der Waals surface area contributed by atoms with Crippen LogP contribution in [0.4, 0.5) is 0 Å². The molecule has 2 aromatic rings. The maximum atomic E-state index is 13.4. The predicted octanol–water partition coefficient (Wildman–Crippen LogP) is -3.32. The maximum Gasteiger partial charge on any atom is 0.326 e. The van der Waals surface area contributed by atoms with Gasteiger partial charge in [-0.15, -0.1) is 0 Å². The number of guanidine groups is 2. The van der Waals surface area contributed by atoms with Crippen LogP contribution in [-0.2, 0) is 25.6 Å². The molecule has 1 aromatic heterocycles. The Labute approximate surface area is 247 Å². The molecule has 4 atom stereocenters. The fourth-order valence-electron chi connectivity index (χ4n) is 4.16. The smallest absolute Gasteiger partial charge is 0.326 e. The van der Waals surface area contributed by atoms with E-state index in [1.807, 2.05) is 24.3 Å². The molecule has 0 spiro atoms. The van der Waals surface area contributed by atoms with Crippen LogP contribution >= 0.6 is 0 Å². The van der Waals surface area contributed by atoms with Gasteiger partial charge >= 0.3 is 5.97 Å². The Morgan fingerprint density at radius 3 is 1.98 bits per heavy atom. The summed E-state index contributed by atoms with van der Waals surface area (Å²) in [6.07, 6.45) is 2.59. The van der Waals surface area contributed by atoms with E-state index in [0.717, 1.165) is 10.9 Å². The van der Waals surface area contributed by atoms with E-state index in [-0.39, 0.29) is 50.7 Å². The van der Waals surface area contributed by atoms with Gasteiger partial charge in [-0.05, 0) is 37.3 Å². The molecular formula is C26H41N11O6. The lowest BCUT2D eigenvalue weighted by Crippen LogP contribution is -2.58. The Balaban J connectivity index is 2.16. The number of nitrogens with zero attached hydrogens (tertiary/aromatic N) is 2. The Hall–Kier alpha value is -4.90. The summed E-state index contributed by atoms with van der Waals surface area (Å²) in [5.74, 6) is -3.91. The van der Waals surface area contributed by atoms with Gasteiger partial charge < -0.3 is 59.8 Å². The van der Waals surface area contributed by atoms with Gasteiger partial charge in [-0.2, -0.15) is 0 Å². The highest BCUT2D eigenvalue weighted by atomic mass is 16.4. The van der Waals surface area contributed by atoms with Gasteiger partial charge in [0.25, 0.3) is 0 Å². The zero-order valence-corrected chi connectivity index (χ0v) is 23.7. The first kappa shape index (κ1) is 34.3. The molecule has 0 saturated heterocycles. The van der Waals surface area contributed by atoms with E-state index in [4.69, 9.17) is 28.7 Å². The van der Waals surface area contributed by atoms with Crippen molar-refractivity contribution >= 4 is 46.5 Å². The molecule has 236 valence electrons. The number of nitrogens with one attached hydrogen (secondary N) is 4. The molecule has 0 radical (unpaired) electrons. The van der Waals surface area contributed by atoms with Gasteiger partial charge in [0, 0.05) is 36.6 Å². The maximum absolute atomic E-state index is 13.4. The summed E-state index contributed by atoms with van der Waals surface area (Å²) in [6, 6.07) is 2.33. The normalized spacial score (nSPS) is 13.6. The van der Waals surface area contributed by atoms with Gasteiger partial charge in [0.15, 0.2) is 11.9 Å². The topological polar surface area (TPSA) is 315 Å². The molecule has 1 aromatic carbocycles. The van der Waals surface area contributed by atoms with Gasteiger partial charge in [0.05, 0.1) is 12.6 Å². The summed E-state index contributed by atoms with van der Waals surface area (Å²) in [6.45, 7) is -0.425. The summed E-state index contributed by atoms with van der Waals surface area (Å²) in [5, 5.41) is 27.5. The first-order chi connectivity index (χ1) is 20.4.